The van der Waals surface area contributed by atoms with Crippen molar-refractivity contribution >= 4 is 5.97 Å². The highest BCUT2D eigenvalue weighted by Crippen LogP contribution is 2.37. The van der Waals surface area contributed by atoms with Crippen LogP contribution in [0, 0.1) is 0 Å². The lowest BCUT2D eigenvalue weighted by Gasteiger charge is -2.51. The van der Waals surface area contributed by atoms with Crippen molar-refractivity contribution in [1.82, 2.24) is 0 Å². The molecule has 0 aromatic heterocycles. The minimum absolute atomic E-state index is 0.0246. The maximum Gasteiger partial charge on any atom is 0.337 e. The van der Waals surface area contributed by atoms with E-state index >= 15 is 0 Å². The molecule has 3 aliphatic heterocycles. The van der Waals surface area contributed by atoms with E-state index in [0.29, 0.717) is 0 Å². The number of ether oxygens (including phenoxy) is 20. The molecule has 0 spiro atoms. The van der Waals surface area contributed by atoms with Gasteiger partial charge >= 0.3 is 5.97 Å². The van der Waals surface area contributed by atoms with E-state index in [4.69, 9.17) is 94.7 Å². The average molecular weight is 863 g/mol. The SMILES string of the molecule is COCC(OC)C(OC)C(OC1OC(C)C(OC2OC(COC)C(OC3OC(C(=O)OC)C(OC)C(OC)C3OC)C(OC)C2OC)C(OC)C1OC)C(COC)OC. The lowest BCUT2D eigenvalue weighted by atomic mass is 9.95. The molecule has 0 aliphatic carbocycles. The van der Waals surface area contributed by atoms with Crippen LogP contribution >= 0.6 is 0 Å². The van der Waals surface area contributed by atoms with E-state index in [1.165, 1.54) is 64.0 Å². The van der Waals surface area contributed by atoms with Crippen LogP contribution in [0.3, 0.4) is 0 Å². The molecule has 0 aromatic rings. The highest BCUT2D eigenvalue weighted by molar-refractivity contribution is 5.75. The molecule has 21 heteroatoms. The molecule has 0 N–H and O–H groups in total. The van der Waals surface area contributed by atoms with Gasteiger partial charge in [-0.1, -0.05) is 0 Å². The van der Waals surface area contributed by atoms with Crippen molar-refractivity contribution < 1.29 is 99.5 Å². The lowest BCUT2D eigenvalue weighted by molar-refractivity contribution is -0.386. The van der Waals surface area contributed by atoms with Crippen molar-refractivity contribution in [1.29, 1.82) is 0 Å². The molecule has 3 fully saturated rings. The first-order valence-electron chi connectivity index (χ1n) is 19.3. The van der Waals surface area contributed by atoms with Gasteiger partial charge in [0, 0.05) is 92.4 Å². The van der Waals surface area contributed by atoms with Crippen LogP contribution in [-0.4, -0.2) is 242 Å². The van der Waals surface area contributed by atoms with Crippen LogP contribution < -0.4 is 0 Å². The average Bonchev–Trinajstić information content (AvgIpc) is 3.25. The molecule has 3 heterocycles. The molecule has 3 aliphatic rings. The van der Waals surface area contributed by atoms with Crippen LogP contribution in [0.5, 0.6) is 0 Å². The Morgan fingerprint density at radius 2 is 0.932 bits per heavy atom. The van der Waals surface area contributed by atoms with Gasteiger partial charge in [0.05, 0.1) is 33.0 Å². The molecule has 0 aromatic carbocycles. The fraction of sp³-hybridized carbons (Fsp3) is 0.974. The summed E-state index contributed by atoms with van der Waals surface area (Å²) in [5, 5.41) is 0. The smallest absolute Gasteiger partial charge is 0.337 e. The molecule has 19 atom stereocenters. The van der Waals surface area contributed by atoms with Gasteiger partial charge in [0.25, 0.3) is 0 Å². The predicted molar refractivity (Wildman–Crippen MR) is 202 cm³/mol. The van der Waals surface area contributed by atoms with Crippen molar-refractivity contribution in [2.24, 2.45) is 0 Å². The minimum Gasteiger partial charge on any atom is -0.467 e. The third kappa shape index (κ3) is 12.3. The molecule has 21 nitrogen and oxygen atoms in total. The molecule has 348 valence electrons. The van der Waals surface area contributed by atoms with Gasteiger partial charge in [0.15, 0.2) is 25.0 Å². The van der Waals surface area contributed by atoms with Crippen molar-refractivity contribution in [2.75, 3.05) is 119 Å². The van der Waals surface area contributed by atoms with Gasteiger partial charge in [0.2, 0.25) is 0 Å². The molecule has 59 heavy (non-hydrogen) atoms. The zero-order valence-electron chi connectivity index (χ0n) is 37.2. The van der Waals surface area contributed by atoms with E-state index < -0.39 is 123 Å². The summed E-state index contributed by atoms with van der Waals surface area (Å²) in [5.41, 5.74) is 0. The first-order valence-corrected chi connectivity index (χ1v) is 19.3. The quantitative estimate of drug-likeness (QED) is 0.102. The van der Waals surface area contributed by atoms with E-state index in [2.05, 4.69) is 0 Å². The van der Waals surface area contributed by atoms with Crippen molar-refractivity contribution in [3.05, 3.63) is 0 Å². The molecule has 0 radical (unpaired) electrons. The van der Waals surface area contributed by atoms with Crippen LogP contribution in [-0.2, 0) is 99.5 Å². The Balaban J connectivity index is 1.94. The van der Waals surface area contributed by atoms with Crippen LogP contribution in [0.15, 0.2) is 0 Å². The zero-order chi connectivity index (χ0) is 43.8. The Kier molecular flexibility index (Phi) is 23.3. The van der Waals surface area contributed by atoms with Crippen LogP contribution in [0.4, 0.5) is 0 Å². The first-order chi connectivity index (χ1) is 28.5. The third-order valence-electron chi connectivity index (χ3n) is 11.0. The molecule has 19 unspecified atom stereocenters. The Hall–Kier alpha value is -1.29. The summed E-state index contributed by atoms with van der Waals surface area (Å²) in [6, 6.07) is 0. The second kappa shape index (κ2) is 26.4. The minimum atomic E-state index is -1.21. The number of hydrogen-bond donors (Lipinski definition) is 0. The Bertz CT molecular complexity index is 1160. The van der Waals surface area contributed by atoms with Crippen molar-refractivity contribution in [2.45, 2.75) is 123 Å². The molecule has 3 rings (SSSR count). The number of esters is 1. The van der Waals surface area contributed by atoms with Crippen molar-refractivity contribution in [3.63, 3.8) is 0 Å². The number of methoxy groups -OCH3 is 14. The standard InChI is InChI=1S/C38H70O21/c1-19-23(27(46-8)32(50-12)36(54-19)57-25(21(44-6)17-41-3)24(45-7)20(43-5)16-40-2)56-37-33(51-13)28(47-9)26(22(55-37)18-42-4)58-38-34(52-14)30(49-11)29(48-10)31(59-38)35(39)53-15/h19-34,36-38H,16-18H2,1-15H3. The van der Waals surface area contributed by atoms with Gasteiger partial charge < -0.3 is 94.7 Å². The Morgan fingerprint density at radius 1 is 0.475 bits per heavy atom. The van der Waals surface area contributed by atoms with Gasteiger partial charge in [-0.2, -0.15) is 0 Å². The van der Waals surface area contributed by atoms with Crippen LogP contribution in [0.1, 0.15) is 6.92 Å². The fourth-order valence-corrected chi connectivity index (χ4v) is 8.01. The largest absolute Gasteiger partial charge is 0.467 e. The maximum absolute atomic E-state index is 12.9. The second-order valence-corrected chi connectivity index (χ2v) is 14.0. The van der Waals surface area contributed by atoms with Gasteiger partial charge in [-0.15, -0.1) is 0 Å². The summed E-state index contributed by atoms with van der Waals surface area (Å²) >= 11 is 0. The molecule has 0 saturated carbocycles. The molecule has 0 amide bonds. The third-order valence-corrected chi connectivity index (χ3v) is 11.0. The molecule has 3 saturated heterocycles. The number of carbonyl (C=O) groups is 1. The zero-order valence-corrected chi connectivity index (χ0v) is 37.2. The lowest BCUT2D eigenvalue weighted by Crippen LogP contribution is -2.68. The summed E-state index contributed by atoms with van der Waals surface area (Å²) in [7, 11) is 20.9. The number of carbonyl (C=O) groups excluding carboxylic acids is 1. The summed E-state index contributed by atoms with van der Waals surface area (Å²) < 4.78 is 119. The fourth-order valence-electron chi connectivity index (χ4n) is 8.01. The van der Waals surface area contributed by atoms with E-state index in [9.17, 15) is 4.79 Å². The van der Waals surface area contributed by atoms with E-state index in [-0.39, 0.29) is 19.8 Å². The topological polar surface area (TPSA) is 202 Å². The second-order valence-electron chi connectivity index (χ2n) is 14.0. The van der Waals surface area contributed by atoms with E-state index in [0.717, 1.165) is 0 Å². The molecular weight excluding hydrogens is 792 g/mol. The van der Waals surface area contributed by atoms with E-state index in [1.54, 1.807) is 35.5 Å². The predicted octanol–water partition coefficient (Wildman–Crippen LogP) is -0.401. The van der Waals surface area contributed by atoms with Crippen LogP contribution in [0.2, 0.25) is 0 Å². The van der Waals surface area contributed by atoms with Gasteiger partial charge in [-0.05, 0) is 6.92 Å². The number of rotatable bonds is 26. The highest BCUT2D eigenvalue weighted by atomic mass is 16.8. The summed E-state index contributed by atoms with van der Waals surface area (Å²) in [4.78, 5) is 12.9. The number of hydrogen-bond acceptors (Lipinski definition) is 21. The monoisotopic (exact) mass is 862 g/mol. The Morgan fingerprint density at radius 3 is 1.39 bits per heavy atom. The maximum atomic E-state index is 12.9. The normalized spacial score (nSPS) is 37.4. The highest BCUT2D eigenvalue weighted by Gasteiger charge is 2.57. The summed E-state index contributed by atoms with van der Waals surface area (Å²) in [5.74, 6) is -0.687. The van der Waals surface area contributed by atoms with E-state index in [1.807, 2.05) is 6.92 Å². The Labute approximate surface area is 348 Å². The molecule has 0 bridgehead atoms. The summed E-state index contributed by atoms with van der Waals surface area (Å²) in [6.45, 7) is 2.21. The van der Waals surface area contributed by atoms with Gasteiger partial charge in [-0.3, -0.25) is 0 Å². The first kappa shape index (κ1) is 52.1. The summed E-state index contributed by atoms with van der Waals surface area (Å²) in [6.07, 6.45) is -16.3. The van der Waals surface area contributed by atoms with Crippen molar-refractivity contribution in [3.8, 4) is 0 Å². The van der Waals surface area contributed by atoms with Crippen LogP contribution in [0.25, 0.3) is 0 Å². The van der Waals surface area contributed by atoms with Gasteiger partial charge in [-0.25, -0.2) is 4.79 Å². The molecular formula is C38H70O21. The van der Waals surface area contributed by atoms with Gasteiger partial charge in [0.1, 0.15) is 85.5 Å².